The number of benzene rings is 2. The lowest BCUT2D eigenvalue weighted by Crippen LogP contribution is -2.36. The Morgan fingerprint density at radius 2 is 1.86 bits per heavy atom. The number of likely N-dealkylation sites (N-methyl/N-ethyl adjacent to an activating group) is 1. The molecule has 2 nitrogen and oxygen atoms in total. The first kappa shape index (κ1) is 14.2. The second kappa shape index (κ2) is 6.31. The van der Waals surface area contributed by atoms with Crippen LogP contribution < -0.4 is 5.32 Å². The van der Waals surface area contributed by atoms with Gasteiger partial charge in [0.25, 0.3) is 0 Å². The van der Waals surface area contributed by atoms with Gasteiger partial charge in [-0.1, -0.05) is 48.0 Å². The van der Waals surface area contributed by atoms with Gasteiger partial charge in [0.2, 0.25) is 0 Å². The average Bonchev–Trinajstić information content (AvgIpc) is 2.72. The molecule has 1 atom stereocenters. The molecule has 110 valence electrons. The standard InChI is InChI=1S/C19H24N2/c1-15-7-9-16(10-8-15)14-21(2)18-12-11-17-5-3-4-6-19(17)20-13-18/h3-10,18,20H,11-14H2,1-2H3. The maximum absolute atomic E-state index is 3.61. The van der Waals surface area contributed by atoms with Crippen molar-refractivity contribution in [1.29, 1.82) is 0 Å². The van der Waals surface area contributed by atoms with Crippen molar-refractivity contribution in [2.45, 2.75) is 32.4 Å². The fourth-order valence-corrected chi connectivity index (χ4v) is 3.05. The summed E-state index contributed by atoms with van der Waals surface area (Å²) in [5, 5.41) is 3.61. The first-order valence-electron chi connectivity index (χ1n) is 7.80. The summed E-state index contributed by atoms with van der Waals surface area (Å²) in [5.41, 5.74) is 5.48. The molecule has 0 bridgehead atoms. The minimum absolute atomic E-state index is 0.582. The molecule has 0 aromatic heterocycles. The number of rotatable bonds is 3. The maximum atomic E-state index is 3.61. The van der Waals surface area contributed by atoms with E-state index in [0.717, 1.165) is 19.5 Å². The van der Waals surface area contributed by atoms with E-state index in [1.807, 2.05) is 0 Å². The van der Waals surface area contributed by atoms with Gasteiger partial charge in [0, 0.05) is 24.8 Å². The molecule has 21 heavy (non-hydrogen) atoms. The normalized spacial score (nSPS) is 18.0. The van der Waals surface area contributed by atoms with E-state index >= 15 is 0 Å². The number of hydrogen-bond donors (Lipinski definition) is 1. The van der Waals surface area contributed by atoms with E-state index in [4.69, 9.17) is 0 Å². The Morgan fingerprint density at radius 1 is 1.10 bits per heavy atom. The Balaban J connectivity index is 1.64. The third-order valence-electron chi connectivity index (χ3n) is 4.47. The Morgan fingerprint density at radius 3 is 2.67 bits per heavy atom. The van der Waals surface area contributed by atoms with E-state index in [9.17, 15) is 0 Å². The van der Waals surface area contributed by atoms with Crippen LogP contribution in [-0.2, 0) is 13.0 Å². The number of fused-ring (bicyclic) bond motifs is 1. The zero-order valence-corrected chi connectivity index (χ0v) is 13.0. The number of anilines is 1. The lowest BCUT2D eigenvalue weighted by atomic mass is 10.0. The number of para-hydroxylation sites is 1. The largest absolute Gasteiger partial charge is 0.383 e. The number of aryl methyl sites for hydroxylation is 2. The van der Waals surface area contributed by atoms with E-state index in [-0.39, 0.29) is 0 Å². The van der Waals surface area contributed by atoms with Gasteiger partial charge >= 0.3 is 0 Å². The molecule has 1 unspecified atom stereocenters. The predicted octanol–water partition coefficient (Wildman–Crippen LogP) is 3.85. The molecular formula is C19H24N2. The van der Waals surface area contributed by atoms with Gasteiger partial charge < -0.3 is 5.32 Å². The third-order valence-corrected chi connectivity index (χ3v) is 4.47. The van der Waals surface area contributed by atoms with Gasteiger partial charge in [-0.15, -0.1) is 0 Å². The number of hydrogen-bond acceptors (Lipinski definition) is 2. The van der Waals surface area contributed by atoms with Crippen molar-refractivity contribution in [2.75, 3.05) is 18.9 Å². The fourth-order valence-electron chi connectivity index (χ4n) is 3.05. The van der Waals surface area contributed by atoms with Crippen LogP contribution in [0.3, 0.4) is 0 Å². The predicted molar refractivity (Wildman–Crippen MR) is 89.7 cm³/mol. The summed E-state index contributed by atoms with van der Waals surface area (Å²) < 4.78 is 0. The van der Waals surface area contributed by atoms with Gasteiger partial charge in [-0.2, -0.15) is 0 Å². The fraction of sp³-hybridized carbons (Fsp3) is 0.368. The Labute approximate surface area is 127 Å². The number of nitrogens with one attached hydrogen (secondary N) is 1. The zero-order chi connectivity index (χ0) is 14.7. The molecular weight excluding hydrogens is 256 g/mol. The van der Waals surface area contributed by atoms with Crippen LogP contribution in [0, 0.1) is 6.92 Å². The molecule has 1 heterocycles. The number of nitrogens with zero attached hydrogens (tertiary/aromatic N) is 1. The minimum Gasteiger partial charge on any atom is -0.383 e. The highest BCUT2D eigenvalue weighted by atomic mass is 15.1. The summed E-state index contributed by atoms with van der Waals surface area (Å²) in [6, 6.07) is 18.1. The molecule has 0 saturated carbocycles. The molecule has 0 amide bonds. The average molecular weight is 280 g/mol. The summed E-state index contributed by atoms with van der Waals surface area (Å²) in [6.45, 7) is 4.18. The highest BCUT2D eigenvalue weighted by Gasteiger charge is 2.19. The molecule has 0 fully saturated rings. The molecule has 0 radical (unpaired) electrons. The molecule has 3 rings (SSSR count). The molecule has 1 aliphatic rings. The second-order valence-corrected chi connectivity index (χ2v) is 6.13. The van der Waals surface area contributed by atoms with Crippen molar-refractivity contribution >= 4 is 5.69 Å². The maximum Gasteiger partial charge on any atom is 0.0373 e. The monoisotopic (exact) mass is 280 g/mol. The Kier molecular flexibility index (Phi) is 4.26. The Hall–Kier alpha value is -1.80. The van der Waals surface area contributed by atoms with E-state index in [1.54, 1.807) is 0 Å². The van der Waals surface area contributed by atoms with E-state index < -0.39 is 0 Å². The van der Waals surface area contributed by atoms with Crippen LogP contribution in [0.5, 0.6) is 0 Å². The van der Waals surface area contributed by atoms with Gasteiger partial charge in [0.1, 0.15) is 0 Å². The van der Waals surface area contributed by atoms with Crippen molar-refractivity contribution in [1.82, 2.24) is 4.90 Å². The van der Waals surface area contributed by atoms with Gasteiger partial charge in [0.05, 0.1) is 0 Å². The Bertz CT molecular complexity index is 562. The van der Waals surface area contributed by atoms with Crippen molar-refractivity contribution in [2.24, 2.45) is 0 Å². The van der Waals surface area contributed by atoms with Crippen LogP contribution in [0.1, 0.15) is 23.1 Å². The van der Waals surface area contributed by atoms with Crippen molar-refractivity contribution in [3.8, 4) is 0 Å². The smallest absolute Gasteiger partial charge is 0.0373 e. The van der Waals surface area contributed by atoms with E-state index in [1.165, 1.54) is 28.8 Å². The van der Waals surface area contributed by atoms with Crippen molar-refractivity contribution < 1.29 is 0 Å². The van der Waals surface area contributed by atoms with Crippen LogP contribution in [-0.4, -0.2) is 24.5 Å². The highest BCUT2D eigenvalue weighted by Crippen LogP contribution is 2.23. The summed E-state index contributed by atoms with van der Waals surface area (Å²) in [5.74, 6) is 0. The molecule has 0 aliphatic carbocycles. The van der Waals surface area contributed by atoms with E-state index in [2.05, 4.69) is 72.7 Å². The zero-order valence-electron chi connectivity index (χ0n) is 13.0. The van der Waals surface area contributed by atoms with Gasteiger partial charge in [0.15, 0.2) is 0 Å². The van der Waals surface area contributed by atoms with Crippen molar-refractivity contribution in [3.05, 3.63) is 65.2 Å². The van der Waals surface area contributed by atoms with Crippen LogP contribution >= 0.6 is 0 Å². The summed E-state index contributed by atoms with van der Waals surface area (Å²) >= 11 is 0. The molecule has 2 heteroatoms. The van der Waals surface area contributed by atoms with Crippen LogP contribution in [0.2, 0.25) is 0 Å². The molecule has 0 spiro atoms. The quantitative estimate of drug-likeness (QED) is 0.918. The summed E-state index contributed by atoms with van der Waals surface area (Å²) in [6.07, 6.45) is 2.37. The summed E-state index contributed by atoms with van der Waals surface area (Å²) in [7, 11) is 2.24. The SMILES string of the molecule is Cc1ccc(CN(C)C2CCc3ccccc3NC2)cc1. The van der Waals surface area contributed by atoms with Gasteiger partial charge in [-0.25, -0.2) is 0 Å². The van der Waals surface area contributed by atoms with Gasteiger partial charge in [-0.3, -0.25) is 4.90 Å². The first-order valence-corrected chi connectivity index (χ1v) is 7.80. The molecule has 2 aromatic rings. The van der Waals surface area contributed by atoms with Crippen LogP contribution in [0.4, 0.5) is 5.69 Å². The lowest BCUT2D eigenvalue weighted by Gasteiger charge is -2.27. The first-order chi connectivity index (χ1) is 10.2. The molecule has 0 saturated heterocycles. The molecule has 1 N–H and O–H groups in total. The van der Waals surface area contributed by atoms with Gasteiger partial charge in [-0.05, 0) is 44.0 Å². The summed E-state index contributed by atoms with van der Waals surface area (Å²) in [4.78, 5) is 2.48. The lowest BCUT2D eigenvalue weighted by molar-refractivity contribution is 0.233. The minimum atomic E-state index is 0.582. The highest BCUT2D eigenvalue weighted by molar-refractivity contribution is 5.52. The van der Waals surface area contributed by atoms with Crippen molar-refractivity contribution in [3.63, 3.8) is 0 Å². The van der Waals surface area contributed by atoms with Crippen LogP contribution in [0.25, 0.3) is 0 Å². The molecule has 1 aliphatic heterocycles. The van der Waals surface area contributed by atoms with Crippen LogP contribution in [0.15, 0.2) is 48.5 Å². The topological polar surface area (TPSA) is 15.3 Å². The van der Waals surface area contributed by atoms with E-state index in [0.29, 0.717) is 6.04 Å². The molecule has 2 aromatic carbocycles. The third kappa shape index (κ3) is 3.45. The second-order valence-electron chi connectivity index (χ2n) is 6.13.